The summed E-state index contributed by atoms with van der Waals surface area (Å²) in [7, 11) is 1.50. The van der Waals surface area contributed by atoms with Crippen molar-refractivity contribution in [1.82, 2.24) is 5.43 Å². The number of ether oxygens (including phenoxy) is 3. The van der Waals surface area contributed by atoms with Crippen LogP contribution in [0.1, 0.15) is 22.8 Å². The summed E-state index contributed by atoms with van der Waals surface area (Å²) >= 11 is 6.24. The van der Waals surface area contributed by atoms with Gasteiger partial charge in [-0.25, -0.2) is 5.43 Å². The molecular formula is C20H19ClN2O4. The summed E-state index contributed by atoms with van der Waals surface area (Å²) in [5.41, 5.74) is 3.45. The third-order valence-electron chi connectivity index (χ3n) is 3.36. The molecule has 7 heteroatoms. The van der Waals surface area contributed by atoms with E-state index >= 15 is 0 Å². The fraction of sp³-hybridized carbons (Fsp3) is 0.200. The molecule has 0 saturated carbocycles. The van der Waals surface area contributed by atoms with Crippen molar-refractivity contribution >= 4 is 23.7 Å². The van der Waals surface area contributed by atoms with Gasteiger partial charge in [-0.15, -0.1) is 6.42 Å². The maximum Gasteiger partial charge on any atom is 0.275 e. The van der Waals surface area contributed by atoms with Gasteiger partial charge in [0.25, 0.3) is 5.91 Å². The Balaban J connectivity index is 2.16. The number of para-hydroxylation sites is 1. The molecule has 2 aromatic rings. The number of benzene rings is 2. The van der Waals surface area contributed by atoms with Crippen molar-refractivity contribution in [3.63, 3.8) is 0 Å². The van der Waals surface area contributed by atoms with E-state index in [0.29, 0.717) is 40.0 Å². The Morgan fingerprint density at radius 2 is 2.07 bits per heavy atom. The van der Waals surface area contributed by atoms with Crippen molar-refractivity contribution in [2.45, 2.75) is 6.92 Å². The van der Waals surface area contributed by atoms with Crippen LogP contribution in [0.25, 0.3) is 0 Å². The van der Waals surface area contributed by atoms with Crippen molar-refractivity contribution in [1.29, 1.82) is 0 Å². The van der Waals surface area contributed by atoms with Crippen LogP contribution in [0, 0.1) is 12.3 Å². The largest absolute Gasteiger partial charge is 0.496 e. The van der Waals surface area contributed by atoms with Gasteiger partial charge in [-0.3, -0.25) is 4.79 Å². The number of hydrogen-bond donors (Lipinski definition) is 1. The summed E-state index contributed by atoms with van der Waals surface area (Å²) in [5, 5.41) is 4.29. The maximum atomic E-state index is 12.2. The molecule has 0 atom stereocenters. The van der Waals surface area contributed by atoms with Crippen molar-refractivity contribution in [2.75, 3.05) is 20.3 Å². The summed E-state index contributed by atoms with van der Waals surface area (Å²) in [6, 6.07) is 10.2. The lowest BCUT2D eigenvalue weighted by molar-refractivity contribution is 0.0952. The summed E-state index contributed by atoms with van der Waals surface area (Å²) < 4.78 is 16.1. The Kier molecular flexibility index (Phi) is 7.53. The number of terminal acetylenes is 1. The first-order valence-corrected chi connectivity index (χ1v) is 8.47. The van der Waals surface area contributed by atoms with Gasteiger partial charge in [0.15, 0.2) is 11.5 Å². The highest BCUT2D eigenvalue weighted by molar-refractivity contribution is 6.32. The van der Waals surface area contributed by atoms with Gasteiger partial charge in [-0.05, 0) is 36.8 Å². The summed E-state index contributed by atoms with van der Waals surface area (Å²) in [6.45, 7) is 2.34. The lowest BCUT2D eigenvalue weighted by Gasteiger charge is -2.12. The summed E-state index contributed by atoms with van der Waals surface area (Å²) in [6.07, 6.45) is 6.66. The van der Waals surface area contributed by atoms with E-state index in [1.165, 1.54) is 13.3 Å². The average molecular weight is 387 g/mol. The Hall–Kier alpha value is -3.17. The highest BCUT2D eigenvalue weighted by Gasteiger charge is 2.13. The van der Waals surface area contributed by atoms with E-state index < -0.39 is 5.91 Å². The van der Waals surface area contributed by atoms with Crippen LogP contribution in [0.5, 0.6) is 17.2 Å². The predicted octanol–water partition coefficient (Wildman–Crippen LogP) is 3.52. The van der Waals surface area contributed by atoms with Gasteiger partial charge in [-0.2, -0.15) is 5.10 Å². The average Bonchev–Trinajstić information content (AvgIpc) is 2.67. The number of methoxy groups -OCH3 is 1. The quantitative estimate of drug-likeness (QED) is 0.428. The predicted molar refractivity (Wildman–Crippen MR) is 105 cm³/mol. The van der Waals surface area contributed by atoms with Crippen LogP contribution < -0.4 is 19.6 Å². The first kappa shape index (κ1) is 20.1. The molecule has 2 rings (SSSR count). The standard InChI is InChI=1S/C20H19ClN2O4/c1-4-10-27-19-16(21)11-14(12-18(19)26-5-2)13-22-23-20(24)15-8-6-7-9-17(15)25-3/h1,6-9,11-13H,5,10H2,2-3H3,(H,23,24)/b22-13-. The molecule has 0 radical (unpaired) electrons. The molecule has 0 aromatic heterocycles. The highest BCUT2D eigenvalue weighted by atomic mass is 35.5. The van der Waals surface area contributed by atoms with Crippen LogP contribution >= 0.6 is 11.6 Å². The van der Waals surface area contributed by atoms with Crippen LogP contribution in [-0.2, 0) is 0 Å². The molecule has 0 aliphatic rings. The number of halogens is 1. The van der Waals surface area contributed by atoms with Gasteiger partial charge in [0, 0.05) is 0 Å². The molecule has 27 heavy (non-hydrogen) atoms. The lowest BCUT2D eigenvalue weighted by atomic mass is 10.2. The molecule has 0 heterocycles. The minimum absolute atomic E-state index is 0.0716. The fourth-order valence-electron chi connectivity index (χ4n) is 2.24. The van der Waals surface area contributed by atoms with E-state index in [9.17, 15) is 4.79 Å². The molecule has 1 amide bonds. The zero-order valence-electron chi connectivity index (χ0n) is 15.0. The number of carbonyl (C=O) groups is 1. The summed E-state index contributed by atoms with van der Waals surface area (Å²) in [5.74, 6) is 3.25. The van der Waals surface area contributed by atoms with E-state index in [1.54, 1.807) is 36.4 Å². The number of carbonyl (C=O) groups excluding carboxylic acids is 1. The van der Waals surface area contributed by atoms with Crippen molar-refractivity contribution in [2.24, 2.45) is 5.10 Å². The monoisotopic (exact) mass is 386 g/mol. The molecule has 0 spiro atoms. The fourth-order valence-corrected chi connectivity index (χ4v) is 2.51. The van der Waals surface area contributed by atoms with Gasteiger partial charge in [-0.1, -0.05) is 29.7 Å². The number of hydrogen-bond acceptors (Lipinski definition) is 5. The topological polar surface area (TPSA) is 69.2 Å². The molecule has 0 unspecified atom stereocenters. The Bertz CT molecular complexity index is 875. The van der Waals surface area contributed by atoms with Crippen molar-refractivity contribution < 1.29 is 19.0 Å². The maximum absolute atomic E-state index is 12.2. The molecular weight excluding hydrogens is 368 g/mol. The number of nitrogens with zero attached hydrogens (tertiary/aromatic N) is 1. The molecule has 0 aliphatic heterocycles. The Morgan fingerprint density at radius 3 is 2.78 bits per heavy atom. The zero-order valence-corrected chi connectivity index (χ0v) is 15.7. The van der Waals surface area contributed by atoms with E-state index in [0.717, 1.165) is 0 Å². The van der Waals surface area contributed by atoms with E-state index in [1.807, 2.05) is 6.92 Å². The SMILES string of the molecule is C#CCOc1c(Cl)cc(/C=N\NC(=O)c2ccccc2OC)cc1OCC. The molecule has 2 aromatic carbocycles. The molecule has 0 fully saturated rings. The van der Waals surface area contributed by atoms with Crippen LogP contribution in [0.2, 0.25) is 5.02 Å². The first-order chi connectivity index (χ1) is 13.1. The zero-order chi connectivity index (χ0) is 19.6. The smallest absolute Gasteiger partial charge is 0.275 e. The first-order valence-electron chi connectivity index (χ1n) is 8.09. The van der Waals surface area contributed by atoms with Crippen LogP contribution in [-0.4, -0.2) is 32.4 Å². The van der Waals surface area contributed by atoms with Gasteiger partial charge in [0.2, 0.25) is 0 Å². The molecule has 0 aliphatic carbocycles. The Morgan fingerprint density at radius 1 is 1.30 bits per heavy atom. The molecule has 0 saturated heterocycles. The molecule has 0 bridgehead atoms. The van der Waals surface area contributed by atoms with E-state index in [-0.39, 0.29) is 6.61 Å². The third kappa shape index (κ3) is 5.40. The number of nitrogens with one attached hydrogen (secondary N) is 1. The minimum Gasteiger partial charge on any atom is -0.496 e. The van der Waals surface area contributed by atoms with Crippen LogP contribution in [0.3, 0.4) is 0 Å². The van der Waals surface area contributed by atoms with Gasteiger partial charge in [0.05, 0.1) is 30.5 Å². The van der Waals surface area contributed by atoms with Gasteiger partial charge < -0.3 is 14.2 Å². The van der Waals surface area contributed by atoms with Crippen molar-refractivity contribution in [3.05, 3.63) is 52.5 Å². The van der Waals surface area contributed by atoms with E-state index in [2.05, 4.69) is 16.4 Å². The van der Waals surface area contributed by atoms with Crippen molar-refractivity contribution in [3.8, 4) is 29.6 Å². The minimum atomic E-state index is -0.395. The molecule has 1 N–H and O–H groups in total. The Labute approximate surface area is 163 Å². The third-order valence-corrected chi connectivity index (χ3v) is 3.64. The van der Waals surface area contributed by atoms with Gasteiger partial charge >= 0.3 is 0 Å². The number of rotatable bonds is 8. The second-order valence-electron chi connectivity index (χ2n) is 5.16. The van der Waals surface area contributed by atoms with Crippen LogP contribution in [0.4, 0.5) is 0 Å². The number of hydrazone groups is 1. The number of amides is 1. The van der Waals surface area contributed by atoms with E-state index in [4.69, 9.17) is 32.2 Å². The van der Waals surface area contributed by atoms with Gasteiger partial charge in [0.1, 0.15) is 12.4 Å². The summed E-state index contributed by atoms with van der Waals surface area (Å²) in [4.78, 5) is 12.2. The second-order valence-corrected chi connectivity index (χ2v) is 5.56. The normalized spacial score (nSPS) is 10.3. The molecule has 140 valence electrons. The molecule has 6 nitrogen and oxygen atoms in total. The second kappa shape index (κ2) is 10.1. The highest BCUT2D eigenvalue weighted by Crippen LogP contribution is 2.36. The lowest BCUT2D eigenvalue weighted by Crippen LogP contribution is -2.18. The van der Waals surface area contributed by atoms with Crippen LogP contribution in [0.15, 0.2) is 41.5 Å².